The number of fused-ring (bicyclic) bond motifs is 1. The number of aliphatic hydroxyl groups excluding tert-OH is 1. The van der Waals surface area contributed by atoms with Crippen LogP contribution < -0.4 is 0 Å². The van der Waals surface area contributed by atoms with Crippen molar-refractivity contribution in [3.63, 3.8) is 0 Å². The molecule has 2 heterocycles. The molecule has 1 aromatic rings. The number of rotatable bonds is 6. The Hall–Kier alpha value is -1.99. The second-order valence-electron chi connectivity index (χ2n) is 8.55. The van der Waals surface area contributed by atoms with E-state index in [4.69, 9.17) is 18.9 Å². The van der Waals surface area contributed by atoms with Gasteiger partial charge in [0.05, 0.1) is 5.56 Å². The Morgan fingerprint density at radius 3 is 2.61 bits per heavy atom. The van der Waals surface area contributed by atoms with E-state index < -0.39 is 48.4 Å². The van der Waals surface area contributed by atoms with Gasteiger partial charge in [0.25, 0.3) is 0 Å². The monoisotopic (exact) mass is 428 g/mol. The fourth-order valence-corrected chi connectivity index (χ4v) is 4.90. The predicted molar refractivity (Wildman–Crippen MR) is 116 cm³/mol. The summed E-state index contributed by atoms with van der Waals surface area (Å²) in [6.45, 7) is 5.68. The van der Waals surface area contributed by atoms with Crippen molar-refractivity contribution in [3.05, 3.63) is 60.7 Å². The summed E-state index contributed by atoms with van der Waals surface area (Å²) in [6.07, 6.45) is 6.80. The molecule has 2 aliphatic heterocycles. The number of benzene rings is 1. The summed E-state index contributed by atoms with van der Waals surface area (Å²) in [7, 11) is 0. The minimum atomic E-state index is -0.849. The topological polar surface area (TPSA) is 74.2 Å². The highest BCUT2D eigenvalue weighted by atomic mass is 16.8. The maximum Gasteiger partial charge on any atom is 0.338 e. The first-order chi connectivity index (χ1) is 15.1. The molecule has 0 unspecified atom stereocenters. The summed E-state index contributed by atoms with van der Waals surface area (Å²) in [5.74, 6) is -1.13. The van der Waals surface area contributed by atoms with Crippen molar-refractivity contribution in [1.82, 2.24) is 0 Å². The van der Waals surface area contributed by atoms with Crippen molar-refractivity contribution in [2.45, 2.75) is 87.9 Å². The van der Waals surface area contributed by atoms with Gasteiger partial charge < -0.3 is 24.1 Å². The van der Waals surface area contributed by atoms with Crippen LogP contribution in [0.3, 0.4) is 0 Å². The molecule has 6 atom stereocenters. The highest BCUT2D eigenvalue weighted by molar-refractivity contribution is 5.89. The molecule has 1 N–H and O–H groups in total. The highest BCUT2D eigenvalue weighted by Crippen LogP contribution is 2.46. The van der Waals surface area contributed by atoms with Crippen molar-refractivity contribution >= 4 is 5.97 Å². The molecule has 4 rings (SSSR count). The molecule has 0 radical (unpaired) electrons. The van der Waals surface area contributed by atoms with Gasteiger partial charge in [0.1, 0.15) is 30.5 Å². The zero-order chi connectivity index (χ0) is 21.8. The molecule has 3 aliphatic rings. The summed E-state index contributed by atoms with van der Waals surface area (Å²) in [6, 6.07) is 8.89. The lowest BCUT2D eigenvalue weighted by Gasteiger charge is -2.42. The average molecular weight is 429 g/mol. The lowest BCUT2D eigenvalue weighted by Crippen LogP contribution is -2.60. The molecule has 1 spiro atoms. The summed E-state index contributed by atoms with van der Waals surface area (Å²) in [5, 5.41) is 10.8. The SMILES string of the molecule is C=CC[C@@H]1O[C@@H]([C@@H](O)/C=C/C)[C@H]2OC3(CCCCC3)O[C@H]2[C@H]1OC(=O)c1ccccc1. The van der Waals surface area contributed by atoms with Crippen molar-refractivity contribution in [2.75, 3.05) is 0 Å². The summed E-state index contributed by atoms with van der Waals surface area (Å²) >= 11 is 0. The molecule has 0 amide bonds. The van der Waals surface area contributed by atoms with E-state index in [1.165, 1.54) is 0 Å². The Kier molecular flexibility index (Phi) is 6.92. The standard InChI is InChI=1S/C25H32O6/c1-3-11-18(26)20-22-23(31-25(30-22)15-9-6-10-16-25)21(19(28-20)12-4-2)29-24(27)17-13-7-5-8-14-17/h3-5,7-8,11,13-14,18-23,26H,2,6,9-10,12,15-16H2,1H3/b11-3+/t18-,19-,20-,21-,22+,23-/m0/s1. The van der Waals surface area contributed by atoms with Crippen LogP contribution in [0.5, 0.6) is 0 Å². The number of allylic oxidation sites excluding steroid dienone is 1. The highest BCUT2D eigenvalue weighted by Gasteiger charge is 2.60. The lowest BCUT2D eigenvalue weighted by atomic mass is 9.90. The van der Waals surface area contributed by atoms with Gasteiger partial charge in [0, 0.05) is 12.8 Å². The van der Waals surface area contributed by atoms with Gasteiger partial charge in [-0.25, -0.2) is 4.79 Å². The van der Waals surface area contributed by atoms with Crippen molar-refractivity contribution in [1.29, 1.82) is 0 Å². The number of ether oxygens (including phenoxy) is 4. The van der Waals surface area contributed by atoms with Gasteiger partial charge in [-0.2, -0.15) is 0 Å². The zero-order valence-electron chi connectivity index (χ0n) is 18.0. The first-order valence-electron chi connectivity index (χ1n) is 11.3. The predicted octanol–water partition coefficient (Wildman–Crippen LogP) is 3.94. The van der Waals surface area contributed by atoms with Gasteiger partial charge in [-0.05, 0) is 38.3 Å². The molecular formula is C25H32O6. The Balaban J connectivity index is 1.64. The molecule has 3 fully saturated rings. The Bertz CT molecular complexity index is 784. The second kappa shape index (κ2) is 9.65. The minimum absolute atomic E-state index is 0.428. The number of hydrogen-bond acceptors (Lipinski definition) is 6. The average Bonchev–Trinajstić information content (AvgIpc) is 3.14. The summed E-state index contributed by atoms with van der Waals surface area (Å²) in [4.78, 5) is 12.9. The summed E-state index contributed by atoms with van der Waals surface area (Å²) < 4.78 is 25.2. The third kappa shape index (κ3) is 4.62. The molecule has 0 aromatic heterocycles. The van der Waals surface area contributed by atoms with Crippen LogP contribution >= 0.6 is 0 Å². The van der Waals surface area contributed by atoms with Crippen molar-refractivity contribution < 1.29 is 28.8 Å². The fourth-order valence-electron chi connectivity index (χ4n) is 4.90. The summed E-state index contributed by atoms with van der Waals surface area (Å²) in [5.41, 5.74) is 0.471. The van der Waals surface area contributed by atoms with E-state index >= 15 is 0 Å². The Morgan fingerprint density at radius 2 is 1.94 bits per heavy atom. The van der Waals surface area contributed by atoms with E-state index in [0.29, 0.717) is 12.0 Å². The van der Waals surface area contributed by atoms with Crippen LogP contribution in [0.4, 0.5) is 0 Å². The molecule has 6 nitrogen and oxygen atoms in total. The van der Waals surface area contributed by atoms with Crippen LogP contribution in [0.15, 0.2) is 55.1 Å². The van der Waals surface area contributed by atoms with E-state index in [-0.39, 0.29) is 0 Å². The maximum absolute atomic E-state index is 12.9. The number of carbonyl (C=O) groups is 1. The molecule has 1 aliphatic carbocycles. The molecule has 0 bridgehead atoms. The quantitative estimate of drug-likeness (QED) is 0.547. The van der Waals surface area contributed by atoms with Crippen LogP contribution in [-0.2, 0) is 18.9 Å². The first kappa shape index (κ1) is 22.2. The lowest BCUT2D eigenvalue weighted by molar-refractivity contribution is -0.207. The number of carbonyl (C=O) groups excluding carboxylic acids is 1. The number of aliphatic hydroxyl groups is 1. The van der Waals surface area contributed by atoms with E-state index in [1.807, 2.05) is 13.0 Å². The molecule has 2 saturated heterocycles. The van der Waals surface area contributed by atoms with E-state index in [2.05, 4.69) is 6.58 Å². The van der Waals surface area contributed by atoms with Crippen LogP contribution in [0.1, 0.15) is 55.8 Å². The largest absolute Gasteiger partial charge is 0.453 e. The second-order valence-corrected chi connectivity index (χ2v) is 8.55. The first-order valence-corrected chi connectivity index (χ1v) is 11.3. The van der Waals surface area contributed by atoms with Gasteiger partial charge in [-0.3, -0.25) is 0 Å². The third-order valence-electron chi connectivity index (χ3n) is 6.36. The molecule has 31 heavy (non-hydrogen) atoms. The van der Waals surface area contributed by atoms with E-state index in [9.17, 15) is 9.90 Å². The number of esters is 1. The van der Waals surface area contributed by atoms with E-state index in [0.717, 1.165) is 32.1 Å². The van der Waals surface area contributed by atoms with Gasteiger partial charge >= 0.3 is 5.97 Å². The van der Waals surface area contributed by atoms with Crippen molar-refractivity contribution in [2.24, 2.45) is 0 Å². The van der Waals surface area contributed by atoms with Crippen LogP contribution in [0.2, 0.25) is 0 Å². The third-order valence-corrected chi connectivity index (χ3v) is 6.36. The Morgan fingerprint density at radius 1 is 1.23 bits per heavy atom. The van der Waals surface area contributed by atoms with Gasteiger partial charge in [-0.15, -0.1) is 6.58 Å². The zero-order valence-corrected chi connectivity index (χ0v) is 18.0. The molecule has 1 saturated carbocycles. The molecule has 6 heteroatoms. The van der Waals surface area contributed by atoms with Gasteiger partial charge in [-0.1, -0.05) is 42.8 Å². The van der Waals surface area contributed by atoms with E-state index in [1.54, 1.807) is 42.5 Å². The fraction of sp³-hybridized carbons (Fsp3) is 0.560. The van der Waals surface area contributed by atoms with Crippen LogP contribution in [0.25, 0.3) is 0 Å². The maximum atomic E-state index is 12.9. The normalized spacial score (nSPS) is 33.2. The molecule has 1 aromatic carbocycles. The number of hydrogen-bond donors (Lipinski definition) is 1. The smallest absolute Gasteiger partial charge is 0.338 e. The minimum Gasteiger partial charge on any atom is -0.453 e. The molecule has 168 valence electrons. The van der Waals surface area contributed by atoms with Gasteiger partial charge in [0.2, 0.25) is 0 Å². The molecular weight excluding hydrogens is 396 g/mol. The van der Waals surface area contributed by atoms with Crippen LogP contribution in [-0.4, -0.2) is 53.5 Å². The van der Waals surface area contributed by atoms with Crippen LogP contribution in [0, 0.1) is 0 Å². The van der Waals surface area contributed by atoms with Gasteiger partial charge in [0.15, 0.2) is 11.9 Å². The van der Waals surface area contributed by atoms with Crippen molar-refractivity contribution in [3.8, 4) is 0 Å². The Labute approximate surface area is 183 Å².